The maximum absolute atomic E-state index is 11.4. The van der Waals surface area contributed by atoms with E-state index in [2.05, 4.69) is 5.32 Å². The summed E-state index contributed by atoms with van der Waals surface area (Å²) in [4.78, 5) is 0.00956. The molecule has 7 heteroatoms. The van der Waals surface area contributed by atoms with Gasteiger partial charge in [-0.2, -0.15) is 0 Å². The lowest BCUT2D eigenvalue weighted by Gasteiger charge is -2.35. The van der Waals surface area contributed by atoms with Gasteiger partial charge in [0.05, 0.1) is 17.0 Å². The summed E-state index contributed by atoms with van der Waals surface area (Å²) in [5.74, 6) is 0. The number of nitrogens with two attached hydrogens (primary N) is 2. The maximum atomic E-state index is 11.4. The van der Waals surface area contributed by atoms with Crippen LogP contribution < -0.4 is 16.2 Å². The van der Waals surface area contributed by atoms with Crippen molar-refractivity contribution in [3.8, 4) is 0 Å². The first-order chi connectivity index (χ1) is 8.78. The Morgan fingerprint density at radius 3 is 2.68 bits per heavy atom. The molecule has 0 bridgehead atoms. The molecule has 106 valence electrons. The maximum Gasteiger partial charge on any atom is 0.238 e. The van der Waals surface area contributed by atoms with Gasteiger partial charge in [0.2, 0.25) is 10.0 Å². The standard InChI is InChI=1S/C12H19N3O3S/c1-12(3-2-4-18-8-12)15-10-5-9(13)6-11(7-10)19(14,16)17/h5-7,15H,2-4,8,13H2,1H3,(H2,14,16,17). The number of nitrogen functional groups attached to an aromatic ring is 1. The van der Waals surface area contributed by atoms with Gasteiger partial charge >= 0.3 is 0 Å². The van der Waals surface area contributed by atoms with Gasteiger partial charge in [0.15, 0.2) is 0 Å². The zero-order valence-electron chi connectivity index (χ0n) is 10.8. The second-order valence-electron chi connectivity index (χ2n) is 5.18. The molecule has 1 aliphatic heterocycles. The van der Waals surface area contributed by atoms with Crippen molar-refractivity contribution >= 4 is 21.4 Å². The summed E-state index contributed by atoms with van der Waals surface area (Å²) < 4.78 is 28.2. The molecule has 0 aliphatic carbocycles. The van der Waals surface area contributed by atoms with Crippen molar-refractivity contribution in [2.24, 2.45) is 5.14 Å². The van der Waals surface area contributed by atoms with Gasteiger partial charge in [-0.1, -0.05) is 0 Å². The highest BCUT2D eigenvalue weighted by atomic mass is 32.2. The highest BCUT2D eigenvalue weighted by Crippen LogP contribution is 2.27. The molecule has 19 heavy (non-hydrogen) atoms. The van der Waals surface area contributed by atoms with Crippen molar-refractivity contribution in [3.05, 3.63) is 18.2 Å². The largest absolute Gasteiger partial charge is 0.399 e. The molecule has 1 aromatic rings. The summed E-state index contributed by atoms with van der Waals surface area (Å²) in [5.41, 5.74) is 6.48. The van der Waals surface area contributed by atoms with Gasteiger partial charge in [0.1, 0.15) is 0 Å². The van der Waals surface area contributed by atoms with E-state index in [4.69, 9.17) is 15.6 Å². The number of rotatable bonds is 3. The van der Waals surface area contributed by atoms with Crippen LogP contribution in [-0.4, -0.2) is 27.2 Å². The summed E-state index contributed by atoms with van der Waals surface area (Å²) in [6.45, 7) is 3.37. The minimum Gasteiger partial charge on any atom is -0.399 e. The van der Waals surface area contributed by atoms with Crippen LogP contribution in [0.2, 0.25) is 0 Å². The van der Waals surface area contributed by atoms with Crippen molar-refractivity contribution in [2.45, 2.75) is 30.2 Å². The smallest absolute Gasteiger partial charge is 0.238 e. The number of benzene rings is 1. The number of anilines is 2. The molecule has 1 heterocycles. The van der Waals surface area contributed by atoms with E-state index in [9.17, 15) is 8.42 Å². The van der Waals surface area contributed by atoms with E-state index < -0.39 is 10.0 Å². The van der Waals surface area contributed by atoms with Gasteiger partial charge in [0.25, 0.3) is 0 Å². The zero-order chi connectivity index (χ0) is 14.1. The molecule has 6 nitrogen and oxygen atoms in total. The van der Waals surface area contributed by atoms with Gasteiger partial charge < -0.3 is 15.8 Å². The van der Waals surface area contributed by atoms with E-state index in [1.165, 1.54) is 12.1 Å². The van der Waals surface area contributed by atoms with Crippen molar-refractivity contribution in [1.82, 2.24) is 0 Å². The molecule has 1 fully saturated rings. The Morgan fingerprint density at radius 2 is 2.11 bits per heavy atom. The minimum atomic E-state index is -3.76. The Hall–Kier alpha value is -1.31. The molecule has 0 spiro atoms. The van der Waals surface area contributed by atoms with E-state index in [1.54, 1.807) is 6.07 Å². The quantitative estimate of drug-likeness (QED) is 0.715. The van der Waals surface area contributed by atoms with Crippen LogP contribution in [0.25, 0.3) is 0 Å². The molecule has 0 aromatic heterocycles. The fourth-order valence-corrected chi connectivity index (χ4v) is 2.83. The first kappa shape index (κ1) is 14.1. The predicted octanol–water partition coefficient (Wildman–Crippen LogP) is 0.897. The molecule has 0 saturated carbocycles. The van der Waals surface area contributed by atoms with Gasteiger partial charge in [-0.3, -0.25) is 0 Å². The first-order valence-electron chi connectivity index (χ1n) is 6.08. The van der Waals surface area contributed by atoms with Crippen LogP contribution in [0.3, 0.4) is 0 Å². The van der Waals surface area contributed by atoms with Crippen LogP contribution in [-0.2, 0) is 14.8 Å². The summed E-state index contributed by atoms with van der Waals surface area (Å²) in [6, 6.07) is 4.53. The lowest BCUT2D eigenvalue weighted by atomic mass is 9.94. The van der Waals surface area contributed by atoms with Crippen molar-refractivity contribution in [3.63, 3.8) is 0 Å². The molecular formula is C12H19N3O3S. The molecule has 2 rings (SSSR count). The lowest BCUT2D eigenvalue weighted by molar-refractivity contribution is 0.0540. The molecule has 0 radical (unpaired) electrons. The number of hydrogen-bond donors (Lipinski definition) is 3. The number of ether oxygens (including phenoxy) is 1. The van der Waals surface area contributed by atoms with Gasteiger partial charge in [-0.05, 0) is 38.0 Å². The van der Waals surface area contributed by atoms with E-state index in [-0.39, 0.29) is 10.4 Å². The number of primary sulfonamides is 1. The Labute approximate surface area is 113 Å². The Kier molecular flexibility index (Phi) is 3.71. The fraction of sp³-hybridized carbons (Fsp3) is 0.500. The third kappa shape index (κ3) is 3.59. The molecule has 1 saturated heterocycles. The average molecular weight is 285 g/mol. The van der Waals surface area contributed by atoms with Crippen molar-refractivity contribution in [2.75, 3.05) is 24.3 Å². The number of nitrogens with one attached hydrogen (secondary N) is 1. The Morgan fingerprint density at radius 1 is 1.37 bits per heavy atom. The van der Waals surface area contributed by atoms with Crippen molar-refractivity contribution < 1.29 is 13.2 Å². The second kappa shape index (κ2) is 4.99. The zero-order valence-corrected chi connectivity index (χ0v) is 11.7. The molecule has 1 aliphatic rings. The topological polar surface area (TPSA) is 107 Å². The van der Waals surface area contributed by atoms with Gasteiger partial charge in [-0.15, -0.1) is 0 Å². The summed E-state index contributed by atoms with van der Waals surface area (Å²) >= 11 is 0. The van der Waals surface area contributed by atoms with Crippen LogP contribution in [0.5, 0.6) is 0 Å². The highest BCUT2D eigenvalue weighted by molar-refractivity contribution is 7.89. The van der Waals surface area contributed by atoms with Crippen LogP contribution >= 0.6 is 0 Å². The summed E-state index contributed by atoms with van der Waals surface area (Å²) in [6.07, 6.45) is 1.92. The fourth-order valence-electron chi connectivity index (χ4n) is 2.24. The number of hydrogen-bond acceptors (Lipinski definition) is 5. The molecular weight excluding hydrogens is 266 g/mol. The molecule has 1 unspecified atom stereocenters. The SMILES string of the molecule is CC1(Nc2cc(N)cc(S(N)(=O)=O)c2)CCCOC1. The molecule has 1 aromatic carbocycles. The highest BCUT2D eigenvalue weighted by Gasteiger charge is 2.27. The lowest BCUT2D eigenvalue weighted by Crippen LogP contribution is -2.43. The summed E-state index contributed by atoms with van der Waals surface area (Å²) in [5, 5.41) is 8.41. The second-order valence-corrected chi connectivity index (χ2v) is 6.74. The van der Waals surface area contributed by atoms with E-state index >= 15 is 0 Å². The normalized spacial score (nSPS) is 24.1. The monoisotopic (exact) mass is 285 g/mol. The molecule has 1 atom stereocenters. The Bertz CT molecular complexity index is 566. The summed E-state index contributed by atoms with van der Waals surface area (Å²) in [7, 11) is -3.76. The first-order valence-corrected chi connectivity index (χ1v) is 7.62. The van der Waals surface area contributed by atoms with Gasteiger partial charge in [-0.25, -0.2) is 13.6 Å². The predicted molar refractivity (Wildman–Crippen MR) is 74.3 cm³/mol. The molecule has 0 amide bonds. The third-order valence-electron chi connectivity index (χ3n) is 3.14. The van der Waals surface area contributed by atoms with Crippen LogP contribution in [0, 0.1) is 0 Å². The third-order valence-corrected chi connectivity index (χ3v) is 4.03. The van der Waals surface area contributed by atoms with Crippen LogP contribution in [0.15, 0.2) is 23.1 Å². The molecule has 5 N–H and O–H groups in total. The average Bonchev–Trinajstić information content (AvgIpc) is 2.27. The van der Waals surface area contributed by atoms with E-state index in [1.807, 2.05) is 6.92 Å². The van der Waals surface area contributed by atoms with Crippen LogP contribution in [0.1, 0.15) is 19.8 Å². The van der Waals surface area contributed by atoms with Crippen molar-refractivity contribution in [1.29, 1.82) is 0 Å². The van der Waals surface area contributed by atoms with Crippen LogP contribution in [0.4, 0.5) is 11.4 Å². The number of sulfonamides is 1. The van der Waals surface area contributed by atoms with E-state index in [0.29, 0.717) is 18.0 Å². The Balaban J connectivity index is 2.28. The van der Waals surface area contributed by atoms with E-state index in [0.717, 1.165) is 19.4 Å². The minimum absolute atomic E-state index is 0.00956. The van der Waals surface area contributed by atoms with Gasteiger partial charge in [0, 0.05) is 18.0 Å².